The fraction of sp³-hybridized carbons (Fsp3) is 0.167. The number of amides is 1. The molecule has 0 atom stereocenters. The normalized spacial score (nSPS) is 10.5. The zero-order valence-corrected chi connectivity index (χ0v) is 15.5. The molecule has 9 heteroatoms. The van der Waals surface area contributed by atoms with Crippen LogP contribution in [-0.4, -0.2) is 40.6 Å². The Morgan fingerprint density at radius 3 is 2.78 bits per heavy atom. The van der Waals surface area contributed by atoms with Crippen molar-refractivity contribution in [2.24, 2.45) is 0 Å². The molecule has 1 amide bonds. The van der Waals surface area contributed by atoms with Crippen molar-refractivity contribution in [3.05, 3.63) is 54.6 Å². The average molecular weight is 388 g/mol. The minimum Gasteiger partial charge on any atom is -0.497 e. The van der Waals surface area contributed by atoms with Crippen LogP contribution in [0.25, 0.3) is 5.69 Å². The van der Waals surface area contributed by atoms with Gasteiger partial charge in [0.15, 0.2) is 5.16 Å². The van der Waals surface area contributed by atoms with Crippen molar-refractivity contribution in [3.63, 3.8) is 0 Å². The largest absolute Gasteiger partial charge is 0.497 e. The maximum Gasteiger partial charge on any atom is 0.234 e. The Morgan fingerprint density at radius 2 is 2.04 bits per heavy atom. The number of carbonyl (C=O) groups is 1. The molecule has 1 aromatic heterocycles. The van der Waals surface area contributed by atoms with Gasteiger partial charge < -0.3 is 14.8 Å². The summed E-state index contributed by atoms with van der Waals surface area (Å²) in [5, 5.41) is 11.0. The molecule has 3 aromatic rings. The number of thioether (sulfide) groups is 1. The maximum atomic E-state index is 14.0. The summed E-state index contributed by atoms with van der Waals surface area (Å²) in [6, 6.07) is 11.4. The second-order valence-electron chi connectivity index (χ2n) is 5.34. The number of hydrogen-bond donors (Lipinski definition) is 1. The van der Waals surface area contributed by atoms with E-state index in [1.807, 2.05) is 0 Å². The van der Waals surface area contributed by atoms with Crippen LogP contribution >= 0.6 is 11.8 Å². The Labute approximate surface area is 159 Å². The number of carbonyl (C=O) groups excluding carboxylic acids is 1. The topological polar surface area (TPSA) is 78.3 Å². The van der Waals surface area contributed by atoms with Crippen LogP contribution in [0.5, 0.6) is 11.5 Å². The van der Waals surface area contributed by atoms with Crippen LogP contribution in [0.4, 0.5) is 10.1 Å². The van der Waals surface area contributed by atoms with Crippen molar-refractivity contribution in [1.82, 2.24) is 14.8 Å². The van der Waals surface area contributed by atoms with Gasteiger partial charge in [0.25, 0.3) is 0 Å². The summed E-state index contributed by atoms with van der Waals surface area (Å²) in [4.78, 5) is 12.3. The van der Waals surface area contributed by atoms with E-state index >= 15 is 0 Å². The first-order valence-electron chi connectivity index (χ1n) is 7.92. The van der Waals surface area contributed by atoms with Crippen molar-refractivity contribution in [2.75, 3.05) is 25.3 Å². The van der Waals surface area contributed by atoms with Crippen LogP contribution in [0.1, 0.15) is 0 Å². The van der Waals surface area contributed by atoms with Crippen molar-refractivity contribution in [2.45, 2.75) is 5.16 Å². The van der Waals surface area contributed by atoms with Gasteiger partial charge in [-0.15, -0.1) is 10.2 Å². The molecule has 0 saturated heterocycles. The number of nitrogens with zero attached hydrogens (tertiary/aromatic N) is 3. The van der Waals surface area contributed by atoms with Crippen molar-refractivity contribution < 1.29 is 18.7 Å². The summed E-state index contributed by atoms with van der Waals surface area (Å²) in [6.07, 6.45) is 1.41. The van der Waals surface area contributed by atoms with Gasteiger partial charge in [0, 0.05) is 6.07 Å². The predicted molar refractivity (Wildman–Crippen MR) is 100 cm³/mol. The molecule has 1 N–H and O–H groups in total. The monoisotopic (exact) mass is 388 g/mol. The molecule has 2 aromatic carbocycles. The lowest BCUT2D eigenvalue weighted by Crippen LogP contribution is -2.15. The molecule has 1 heterocycles. The Kier molecular flexibility index (Phi) is 5.92. The van der Waals surface area contributed by atoms with Gasteiger partial charge in [-0.25, -0.2) is 4.39 Å². The molecule has 140 valence electrons. The molecule has 0 fully saturated rings. The van der Waals surface area contributed by atoms with E-state index in [9.17, 15) is 9.18 Å². The highest BCUT2D eigenvalue weighted by atomic mass is 32.2. The minimum atomic E-state index is -0.397. The number of rotatable bonds is 7. The Morgan fingerprint density at radius 1 is 1.22 bits per heavy atom. The highest BCUT2D eigenvalue weighted by Crippen LogP contribution is 2.29. The van der Waals surface area contributed by atoms with Gasteiger partial charge in [0.1, 0.15) is 23.6 Å². The first-order valence-corrected chi connectivity index (χ1v) is 8.90. The van der Waals surface area contributed by atoms with E-state index in [-0.39, 0.29) is 11.7 Å². The van der Waals surface area contributed by atoms with Crippen molar-refractivity contribution in [3.8, 4) is 17.2 Å². The van der Waals surface area contributed by atoms with Gasteiger partial charge in [-0.2, -0.15) is 0 Å². The SMILES string of the molecule is COc1ccc(NC(=O)CSc2nncn2-c2ccccc2F)c(OC)c1. The number of halogens is 1. The third kappa shape index (κ3) is 4.37. The zero-order chi connectivity index (χ0) is 19.2. The average Bonchev–Trinajstić information content (AvgIpc) is 3.15. The molecule has 0 bridgehead atoms. The Hall–Kier alpha value is -3.07. The fourth-order valence-corrected chi connectivity index (χ4v) is 3.08. The van der Waals surface area contributed by atoms with E-state index in [4.69, 9.17) is 9.47 Å². The van der Waals surface area contributed by atoms with Crippen LogP contribution < -0.4 is 14.8 Å². The molecule has 0 saturated carbocycles. The van der Waals surface area contributed by atoms with Gasteiger partial charge in [-0.3, -0.25) is 9.36 Å². The predicted octanol–water partition coefficient (Wildman–Crippen LogP) is 3.15. The molecule has 0 aliphatic heterocycles. The molecule has 0 unspecified atom stereocenters. The number of para-hydroxylation sites is 1. The molecule has 0 radical (unpaired) electrons. The van der Waals surface area contributed by atoms with Crippen molar-refractivity contribution in [1.29, 1.82) is 0 Å². The van der Waals surface area contributed by atoms with Gasteiger partial charge >= 0.3 is 0 Å². The molecule has 0 spiro atoms. The molecule has 0 aliphatic carbocycles. The summed E-state index contributed by atoms with van der Waals surface area (Å²) >= 11 is 1.15. The molecule has 3 rings (SSSR count). The van der Waals surface area contributed by atoms with Gasteiger partial charge in [0.05, 0.1) is 31.3 Å². The second kappa shape index (κ2) is 8.54. The molecule has 7 nitrogen and oxygen atoms in total. The highest BCUT2D eigenvalue weighted by Gasteiger charge is 2.14. The standard InChI is InChI=1S/C18H17FN4O3S/c1-25-12-7-8-14(16(9-12)26-2)21-17(24)10-27-18-22-20-11-23(18)15-6-4-3-5-13(15)19/h3-9,11H,10H2,1-2H3,(H,21,24). The van der Waals surface area contributed by atoms with E-state index < -0.39 is 5.82 Å². The van der Waals surface area contributed by atoms with E-state index in [1.54, 1.807) is 43.5 Å². The van der Waals surface area contributed by atoms with Crippen LogP contribution in [0, 0.1) is 5.82 Å². The highest BCUT2D eigenvalue weighted by molar-refractivity contribution is 7.99. The minimum absolute atomic E-state index is 0.0718. The lowest BCUT2D eigenvalue weighted by Gasteiger charge is -2.11. The quantitative estimate of drug-likeness (QED) is 0.627. The second-order valence-corrected chi connectivity index (χ2v) is 6.28. The maximum absolute atomic E-state index is 14.0. The van der Waals surface area contributed by atoms with E-state index in [2.05, 4.69) is 15.5 Å². The number of aromatic nitrogens is 3. The summed E-state index contributed by atoms with van der Waals surface area (Å²) in [5.41, 5.74) is 0.849. The van der Waals surface area contributed by atoms with E-state index in [0.717, 1.165) is 11.8 Å². The summed E-state index contributed by atoms with van der Waals surface area (Å²) in [7, 11) is 3.06. The van der Waals surface area contributed by atoms with Crippen LogP contribution in [0.3, 0.4) is 0 Å². The molecular weight excluding hydrogens is 371 g/mol. The van der Waals surface area contributed by atoms with Crippen molar-refractivity contribution >= 4 is 23.4 Å². The Bertz CT molecular complexity index is 948. The summed E-state index contributed by atoms with van der Waals surface area (Å²) in [6.45, 7) is 0. The lowest BCUT2D eigenvalue weighted by molar-refractivity contribution is -0.113. The van der Waals surface area contributed by atoms with Crippen LogP contribution in [-0.2, 0) is 4.79 Å². The Balaban J connectivity index is 1.68. The molecule has 27 heavy (non-hydrogen) atoms. The number of hydrogen-bond acceptors (Lipinski definition) is 6. The number of methoxy groups -OCH3 is 2. The smallest absolute Gasteiger partial charge is 0.234 e. The number of anilines is 1. The number of benzene rings is 2. The molecular formula is C18H17FN4O3S. The lowest BCUT2D eigenvalue weighted by atomic mass is 10.2. The third-order valence-corrected chi connectivity index (χ3v) is 4.59. The zero-order valence-electron chi connectivity index (χ0n) is 14.7. The summed E-state index contributed by atoms with van der Waals surface area (Å²) < 4.78 is 25.9. The summed E-state index contributed by atoms with van der Waals surface area (Å²) in [5.74, 6) is 0.528. The number of ether oxygens (including phenoxy) is 2. The van der Waals surface area contributed by atoms with Gasteiger partial charge in [-0.1, -0.05) is 23.9 Å². The first kappa shape index (κ1) is 18.7. The van der Waals surface area contributed by atoms with E-state index in [1.165, 1.54) is 24.1 Å². The van der Waals surface area contributed by atoms with E-state index in [0.29, 0.717) is 28.0 Å². The molecule has 0 aliphatic rings. The number of nitrogens with one attached hydrogen (secondary N) is 1. The van der Waals surface area contributed by atoms with Crippen LogP contribution in [0.2, 0.25) is 0 Å². The van der Waals surface area contributed by atoms with Gasteiger partial charge in [0.2, 0.25) is 5.91 Å². The fourth-order valence-electron chi connectivity index (χ4n) is 2.35. The van der Waals surface area contributed by atoms with Crippen LogP contribution in [0.15, 0.2) is 53.9 Å². The van der Waals surface area contributed by atoms with Gasteiger partial charge in [-0.05, 0) is 24.3 Å². The first-order chi connectivity index (χ1) is 13.1. The third-order valence-electron chi connectivity index (χ3n) is 3.64.